The number of ether oxygens (including phenoxy) is 1. The average Bonchev–Trinajstić information content (AvgIpc) is 2.86. The molecule has 0 aromatic heterocycles. The number of nitrogens with zero attached hydrogens (tertiary/aromatic N) is 2. The summed E-state index contributed by atoms with van der Waals surface area (Å²) in [6, 6.07) is 7.68. The molecule has 1 aliphatic rings. The average molecular weight is 463 g/mol. The fourth-order valence-corrected chi connectivity index (χ4v) is 4.02. The SMILES string of the molecule is CCCCNC(=O)Nc1ccc(CN2C(=O)N(COCC[Si](C)(C)C)C(=O)C2(C)C)cc1. The summed E-state index contributed by atoms with van der Waals surface area (Å²) in [5.74, 6) is -0.252. The van der Waals surface area contributed by atoms with Gasteiger partial charge in [0.15, 0.2) is 0 Å². The number of hydrogen-bond acceptors (Lipinski definition) is 4. The zero-order valence-electron chi connectivity index (χ0n) is 20.3. The van der Waals surface area contributed by atoms with E-state index in [2.05, 4.69) is 37.2 Å². The van der Waals surface area contributed by atoms with Crippen LogP contribution in [-0.2, 0) is 16.1 Å². The van der Waals surface area contributed by atoms with Crippen molar-refractivity contribution in [3.8, 4) is 0 Å². The van der Waals surface area contributed by atoms with E-state index in [1.54, 1.807) is 30.9 Å². The van der Waals surface area contributed by atoms with Crippen molar-refractivity contribution in [1.29, 1.82) is 0 Å². The van der Waals surface area contributed by atoms with E-state index >= 15 is 0 Å². The van der Waals surface area contributed by atoms with Crippen LogP contribution in [0.5, 0.6) is 0 Å². The predicted octanol–water partition coefficient (Wildman–Crippen LogP) is 4.46. The molecule has 0 radical (unpaired) electrons. The van der Waals surface area contributed by atoms with E-state index in [0.717, 1.165) is 24.4 Å². The Morgan fingerprint density at radius 2 is 1.78 bits per heavy atom. The number of benzene rings is 1. The van der Waals surface area contributed by atoms with E-state index < -0.39 is 13.6 Å². The minimum Gasteiger partial charge on any atom is -0.361 e. The molecule has 0 aliphatic carbocycles. The number of imide groups is 1. The molecular weight excluding hydrogens is 424 g/mol. The van der Waals surface area contributed by atoms with E-state index in [4.69, 9.17) is 4.74 Å². The number of nitrogens with one attached hydrogen (secondary N) is 2. The molecule has 1 saturated heterocycles. The van der Waals surface area contributed by atoms with Gasteiger partial charge < -0.3 is 20.3 Å². The number of carbonyl (C=O) groups is 3. The summed E-state index contributed by atoms with van der Waals surface area (Å²) in [6.45, 7) is 13.8. The standard InChI is InChI=1S/C23H38N4O4Si/c1-7-8-13-24-21(29)25-19-11-9-18(10-12-19)16-27-22(30)26(20(28)23(27,2)3)17-31-14-15-32(4,5)6/h9-12H,7-8,13-17H2,1-6H3,(H2,24,25,29). The van der Waals surface area contributed by atoms with E-state index in [0.29, 0.717) is 25.4 Å². The first-order valence-electron chi connectivity index (χ1n) is 11.3. The van der Waals surface area contributed by atoms with Gasteiger partial charge in [-0.25, -0.2) is 14.5 Å². The second-order valence-corrected chi connectivity index (χ2v) is 15.6. The number of urea groups is 2. The van der Waals surface area contributed by atoms with Gasteiger partial charge in [-0.05, 0) is 44.0 Å². The maximum Gasteiger partial charge on any atom is 0.329 e. The largest absolute Gasteiger partial charge is 0.361 e. The summed E-state index contributed by atoms with van der Waals surface area (Å²) in [5, 5.41) is 5.60. The normalized spacial score (nSPS) is 15.9. The van der Waals surface area contributed by atoms with Crippen LogP contribution < -0.4 is 10.6 Å². The van der Waals surface area contributed by atoms with Crippen LogP contribution in [0.4, 0.5) is 15.3 Å². The minimum atomic E-state index is -1.24. The van der Waals surface area contributed by atoms with Crippen LogP contribution in [0.25, 0.3) is 0 Å². The van der Waals surface area contributed by atoms with Gasteiger partial charge in [-0.2, -0.15) is 0 Å². The predicted molar refractivity (Wildman–Crippen MR) is 129 cm³/mol. The summed E-state index contributed by atoms with van der Waals surface area (Å²) in [6.07, 6.45) is 1.95. The van der Waals surface area contributed by atoms with Crippen molar-refractivity contribution in [3.63, 3.8) is 0 Å². The van der Waals surface area contributed by atoms with Gasteiger partial charge in [-0.15, -0.1) is 0 Å². The maximum absolute atomic E-state index is 13.0. The fraction of sp³-hybridized carbons (Fsp3) is 0.609. The lowest BCUT2D eigenvalue weighted by Gasteiger charge is -2.27. The van der Waals surface area contributed by atoms with Crippen molar-refractivity contribution in [2.75, 3.05) is 25.2 Å². The lowest BCUT2D eigenvalue weighted by molar-refractivity contribution is -0.135. The number of anilines is 1. The van der Waals surface area contributed by atoms with Crippen molar-refractivity contribution >= 4 is 31.7 Å². The number of amides is 5. The topological polar surface area (TPSA) is 91.0 Å². The van der Waals surface area contributed by atoms with E-state index in [1.807, 2.05) is 12.1 Å². The molecule has 0 spiro atoms. The van der Waals surface area contributed by atoms with Crippen LogP contribution in [-0.4, -0.2) is 61.3 Å². The Hall–Kier alpha value is -2.39. The molecule has 178 valence electrons. The zero-order valence-corrected chi connectivity index (χ0v) is 21.3. The third-order valence-electron chi connectivity index (χ3n) is 5.49. The van der Waals surface area contributed by atoms with E-state index in [9.17, 15) is 14.4 Å². The summed E-state index contributed by atoms with van der Waals surface area (Å²) in [5.41, 5.74) is 0.593. The summed E-state index contributed by atoms with van der Waals surface area (Å²) < 4.78 is 5.66. The van der Waals surface area contributed by atoms with Crippen LogP contribution in [0.2, 0.25) is 25.7 Å². The smallest absolute Gasteiger partial charge is 0.329 e. The molecule has 1 heterocycles. The van der Waals surface area contributed by atoms with Gasteiger partial charge in [-0.1, -0.05) is 45.1 Å². The minimum absolute atomic E-state index is 0.0158. The molecule has 5 amide bonds. The molecule has 1 aliphatic heterocycles. The van der Waals surface area contributed by atoms with Crippen LogP contribution in [0.1, 0.15) is 39.2 Å². The molecule has 0 atom stereocenters. The Kier molecular flexibility index (Phi) is 8.86. The van der Waals surface area contributed by atoms with Crippen molar-refractivity contribution < 1.29 is 19.1 Å². The number of unbranched alkanes of at least 4 members (excludes halogenated alkanes) is 1. The molecule has 0 unspecified atom stereocenters. The van der Waals surface area contributed by atoms with E-state index in [1.165, 1.54) is 4.90 Å². The molecule has 9 heteroatoms. The summed E-state index contributed by atoms with van der Waals surface area (Å²) in [4.78, 5) is 40.5. The highest BCUT2D eigenvalue weighted by atomic mass is 28.3. The van der Waals surface area contributed by atoms with Crippen molar-refractivity contribution in [2.45, 2.75) is 71.4 Å². The van der Waals surface area contributed by atoms with Crippen LogP contribution in [0, 0.1) is 0 Å². The Morgan fingerprint density at radius 1 is 1.12 bits per heavy atom. The first kappa shape index (κ1) is 25.9. The monoisotopic (exact) mass is 462 g/mol. The van der Waals surface area contributed by atoms with Gasteiger partial charge in [0.25, 0.3) is 5.91 Å². The lowest BCUT2D eigenvalue weighted by Crippen LogP contribution is -2.43. The Labute approximate surface area is 192 Å². The highest BCUT2D eigenvalue weighted by Crippen LogP contribution is 2.29. The third-order valence-corrected chi connectivity index (χ3v) is 7.19. The highest BCUT2D eigenvalue weighted by Gasteiger charge is 2.51. The van der Waals surface area contributed by atoms with Gasteiger partial charge in [0.1, 0.15) is 12.3 Å². The molecular formula is C23H38N4O4Si. The zero-order chi connectivity index (χ0) is 23.9. The molecule has 2 N–H and O–H groups in total. The molecule has 0 bridgehead atoms. The van der Waals surface area contributed by atoms with Crippen LogP contribution >= 0.6 is 0 Å². The summed E-state index contributed by atoms with van der Waals surface area (Å²) in [7, 11) is -1.24. The van der Waals surface area contributed by atoms with Gasteiger partial charge >= 0.3 is 12.1 Å². The Morgan fingerprint density at radius 3 is 2.38 bits per heavy atom. The van der Waals surface area contributed by atoms with Gasteiger partial charge in [0, 0.05) is 33.5 Å². The first-order valence-corrected chi connectivity index (χ1v) is 15.0. The number of carbonyl (C=O) groups excluding carboxylic acids is 3. The second-order valence-electron chi connectivity index (χ2n) is 9.94. The van der Waals surface area contributed by atoms with Gasteiger partial charge in [-0.3, -0.25) is 4.79 Å². The molecule has 1 aromatic rings. The Bertz CT molecular complexity index is 805. The summed E-state index contributed by atoms with van der Waals surface area (Å²) >= 11 is 0. The van der Waals surface area contributed by atoms with Gasteiger partial charge in [0.2, 0.25) is 0 Å². The quantitative estimate of drug-likeness (QED) is 0.288. The molecule has 0 saturated carbocycles. The highest BCUT2D eigenvalue weighted by molar-refractivity contribution is 6.76. The second kappa shape index (κ2) is 11.0. The van der Waals surface area contributed by atoms with Crippen LogP contribution in [0.15, 0.2) is 24.3 Å². The Balaban J connectivity index is 1.95. The number of rotatable bonds is 11. The molecule has 1 aromatic carbocycles. The van der Waals surface area contributed by atoms with E-state index in [-0.39, 0.29) is 24.7 Å². The van der Waals surface area contributed by atoms with Crippen molar-refractivity contribution in [2.24, 2.45) is 0 Å². The first-order chi connectivity index (χ1) is 15.0. The van der Waals surface area contributed by atoms with Crippen LogP contribution in [0.3, 0.4) is 0 Å². The van der Waals surface area contributed by atoms with Crippen molar-refractivity contribution in [3.05, 3.63) is 29.8 Å². The lowest BCUT2D eigenvalue weighted by atomic mass is 10.0. The number of hydrogen-bond donors (Lipinski definition) is 2. The third kappa shape index (κ3) is 7.06. The van der Waals surface area contributed by atoms with Crippen molar-refractivity contribution in [1.82, 2.24) is 15.1 Å². The maximum atomic E-state index is 13.0. The molecule has 2 rings (SSSR count). The van der Waals surface area contributed by atoms with Gasteiger partial charge in [0.05, 0.1) is 0 Å². The molecule has 8 nitrogen and oxygen atoms in total. The molecule has 32 heavy (non-hydrogen) atoms. The fourth-order valence-electron chi connectivity index (χ4n) is 3.26. The molecule has 1 fully saturated rings.